The third-order valence-corrected chi connectivity index (χ3v) is 6.08. The van der Waals surface area contributed by atoms with E-state index in [1.165, 1.54) is 12.1 Å². The molecular weight excluding hydrogens is 430 g/mol. The Hall–Kier alpha value is -2.56. The molecule has 1 fully saturated rings. The van der Waals surface area contributed by atoms with Gasteiger partial charge in [0, 0.05) is 30.6 Å². The Bertz CT molecular complexity index is 781. The number of amides is 2. The van der Waals surface area contributed by atoms with Gasteiger partial charge in [-0.25, -0.2) is 5.48 Å². The maximum Gasteiger partial charge on any atom is 0.269 e. The number of hydrogen-bond acceptors (Lipinski definition) is 7. The summed E-state index contributed by atoms with van der Waals surface area (Å²) in [6, 6.07) is 5.53. The van der Waals surface area contributed by atoms with Crippen molar-refractivity contribution in [3.8, 4) is 0 Å². The van der Waals surface area contributed by atoms with Crippen LogP contribution in [0.25, 0.3) is 0 Å². The highest BCUT2D eigenvalue weighted by Crippen LogP contribution is 2.28. The van der Waals surface area contributed by atoms with Crippen molar-refractivity contribution in [1.82, 2.24) is 10.8 Å². The fourth-order valence-corrected chi connectivity index (χ4v) is 4.14. The number of benzene rings is 1. The van der Waals surface area contributed by atoms with Crippen LogP contribution in [0.1, 0.15) is 51.5 Å². The molecule has 1 aromatic carbocycles. The van der Waals surface area contributed by atoms with Gasteiger partial charge in [0.1, 0.15) is 6.79 Å². The number of nitro benzene ring substituents is 1. The van der Waals surface area contributed by atoms with E-state index in [4.69, 9.17) is 9.47 Å². The highest BCUT2D eigenvalue weighted by Gasteiger charge is 2.29. The third kappa shape index (κ3) is 9.07. The molecule has 1 saturated carbocycles. The number of nitrogens with zero attached hydrogens (tertiary/aromatic N) is 1. The van der Waals surface area contributed by atoms with Crippen LogP contribution in [0.15, 0.2) is 24.3 Å². The fraction of sp³-hybridized carbons (Fsp3) is 0.652. The number of ether oxygens (including phenoxy) is 2. The van der Waals surface area contributed by atoms with Crippen molar-refractivity contribution in [2.24, 2.45) is 17.8 Å². The lowest BCUT2D eigenvalue weighted by atomic mass is 9.82. The summed E-state index contributed by atoms with van der Waals surface area (Å²) in [6.45, 7) is 4.71. The van der Waals surface area contributed by atoms with Crippen LogP contribution in [-0.2, 0) is 25.5 Å². The van der Waals surface area contributed by atoms with Crippen LogP contribution in [0.4, 0.5) is 5.69 Å². The molecule has 10 nitrogen and oxygen atoms in total. The third-order valence-electron chi connectivity index (χ3n) is 6.08. The standard InChI is InChI=1S/C23H35N3O7/c1-3-32-15-33-14-20(24-22(27)18-9-7-16(2)8-10-18)13-19(23(28)25-29)11-17-5-4-6-21(12-17)26(30)31/h4-6,12,16,18-20,29H,3,7-11,13-15H2,1-2H3,(H,24,27)(H,25,28)/t16?,18?,19-,20-/m0/s1. The number of hydroxylamine groups is 1. The molecule has 33 heavy (non-hydrogen) atoms. The lowest BCUT2D eigenvalue weighted by Crippen LogP contribution is -2.45. The van der Waals surface area contributed by atoms with Crippen LogP contribution in [-0.4, -0.2) is 48.0 Å². The van der Waals surface area contributed by atoms with Gasteiger partial charge >= 0.3 is 0 Å². The van der Waals surface area contributed by atoms with Crippen molar-refractivity contribution in [1.29, 1.82) is 0 Å². The molecule has 2 rings (SSSR count). The molecule has 0 unspecified atom stereocenters. The average Bonchev–Trinajstić information content (AvgIpc) is 2.81. The summed E-state index contributed by atoms with van der Waals surface area (Å²) in [4.78, 5) is 35.9. The molecule has 2 atom stereocenters. The Balaban J connectivity index is 2.10. The van der Waals surface area contributed by atoms with Crippen LogP contribution in [0.2, 0.25) is 0 Å². The van der Waals surface area contributed by atoms with Crippen LogP contribution in [0, 0.1) is 27.9 Å². The van der Waals surface area contributed by atoms with Crippen LogP contribution >= 0.6 is 0 Å². The summed E-state index contributed by atoms with van der Waals surface area (Å²) < 4.78 is 10.7. The topological polar surface area (TPSA) is 140 Å². The minimum absolute atomic E-state index is 0.0611. The summed E-state index contributed by atoms with van der Waals surface area (Å²) in [6.07, 6.45) is 4.02. The molecule has 2 amide bonds. The Morgan fingerprint density at radius 3 is 2.61 bits per heavy atom. The molecular formula is C23H35N3O7. The average molecular weight is 466 g/mol. The smallest absolute Gasteiger partial charge is 0.269 e. The van der Waals surface area contributed by atoms with E-state index >= 15 is 0 Å². The van der Waals surface area contributed by atoms with Gasteiger partial charge in [-0.2, -0.15) is 0 Å². The van der Waals surface area contributed by atoms with Crippen molar-refractivity contribution in [3.05, 3.63) is 39.9 Å². The Kier molecular flexibility index (Phi) is 11.2. The first-order chi connectivity index (χ1) is 15.8. The molecule has 0 saturated heterocycles. The van der Waals surface area contributed by atoms with E-state index in [1.54, 1.807) is 17.6 Å². The zero-order valence-corrected chi connectivity index (χ0v) is 19.3. The molecule has 0 heterocycles. The van der Waals surface area contributed by atoms with Gasteiger partial charge in [-0.1, -0.05) is 19.1 Å². The lowest BCUT2D eigenvalue weighted by molar-refractivity contribution is -0.384. The number of rotatable bonds is 13. The lowest BCUT2D eigenvalue weighted by Gasteiger charge is -2.29. The highest BCUT2D eigenvalue weighted by atomic mass is 16.7. The molecule has 1 aliphatic rings. The first kappa shape index (κ1) is 26.7. The van der Waals surface area contributed by atoms with E-state index in [9.17, 15) is 24.9 Å². The van der Waals surface area contributed by atoms with Gasteiger partial charge in [0.15, 0.2) is 0 Å². The van der Waals surface area contributed by atoms with E-state index < -0.39 is 22.8 Å². The van der Waals surface area contributed by atoms with E-state index in [0.717, 1.165) is 25.7 Å². The van der Waals surface area contributed by atoms with Gasteiger partial charge in [0.25, 0.3) is 5.69 Å². The van der Waals surface area contributed by atoms with Gasteiger partial charge in [-0.3, -0.25) is 24.9 Å². The van der Waals surface area contributed by atoms with Crippen LogP contribution in [0.3, 0.4) is 0 Å². The highest BCUT2D eigenvalue weighted by molar-refractivity contribution is 5.80. The number of nitrogens with one attached hydrogen (secondary N) is 2. The molecule has 0 aliphatic heterocycles. The monoisotopic (exact) mass is 465 g/mol. The van der Waals surface area contributed by atoms with Crippen molar-refractivity contribution in [2.45, 2.75) is 58.4 Å². The second kappa shape index (κ2) is 13.9. The second-order valence-electron chi connectivity index (χ2n) is 8.68. The first-order valence-corrected chi connectivity index (χ1v) is 11.5. The molecule has 3 N–H and O–H groups in total. The van der Waals surface area contributed by atoms with Gasteiger partial charge in [0.2, 0.25) is 11.8 Å². The van der Waals surface area contributed by atoms with Crippen LogP contribution in [0.5, 0.6) is 0 Å². The van der Waals surface area contributed by atoms with Crippen molar-refractivity contribution in [2.75, 3.05) is 20.0 Å². The minimum Gasteiger partial charge on any atom is -0.356 e. The molecule has 10 heteroatoms. The largest absolute Gasteiger partial charge is 0.356 e. The van der Waals surface area contributed by atoms with Gasteiger partial charge < -0.3 is 14.8 Å². The maximum absolute atomic E-state index is 12.9. The SMILES string of the molecule is CCOCOC[C@H](C[C@H](Cc1cccc([N+](=O)[O-])c1)C(=O)NO)NC(=O)C1CCC(C)CC1. The predicted octanol–water partition coefficient (Wildman–Crippen LogP) is 2.97. The Morgan fingerprint density at radius 2 is 1.97 bits per heavy atom. The Morgan fingerprint density at radius 1 is 1.24 bits per heavy atom. The zero-order chi connectivity index (χ0) is 24.2. The maximum atomic E-state index is 12.9. The van der Waals surface area contributed by atoms with E-state index in [-0.39, 0.29) is 43.8 Å². The molecule has 0 bridgehead atoms. The molecule has 1 aromatic rings. The summed E-state index contributed by atoms with van der Waals surface area (Å²) in [7, 11) is 0. The molecule has 184 valence electrons. The van der Waals surface area contributed by atoms with E-state index in [0.29, 0.717) is 18.1 Å². The van der Waals surface area contributed by atoms with Crippen molar-refractivity contribution >= 4 is 17.5 Å². The normalized spacial score (nSPS) is 20.0. The van der Waals surface area contributed by atoms with Crippen LogP contribution < -0.4 is 10.8 Å². The fourth-order valence-electron chi connectivity index (χ4n) is 4.14. The number of carbonyl (C=O) groups excluding carboxylic acids is 2. The minimum atomic E-state index is -0.732. The summed E-state index contributed by atoms with van der Waals surface area (Å²) >= 11 is 0. The molecule has 0 spiro atoms. The van der Waals surface area contributed by atoms with Gasteiger partial charge in [0.05, 0.1) is 17.6 Å². The Labute approximate surface area is 194 Å². The quantitative estimate of drug-likeness (QED) is 0.134. The van der Waals surface area contributed by atoms with Gasteiger partial charge in [-0.15, -0.1) is 0 Å². The number of nitro groups is 1. The second-order valence-corrected chi connectivity index (χ2v) is 8.68. The summed E-state index contributed by atoms with van der Waals surface area (Å²) in [5, 5.41) is 23.3. The zero-order valence-electron chi connectivity index (χ0n) is 19.3. The summed E-state index contributed by atoms with van der Waals surface area (Å²) in [5.74, 6) is -0.878. The summed E-state index contributed by atoms with van der Waals surface area (Å²) in [5.41, 5.74) is 2.18. The van der Waals surface area contributed by atoms with Crippen molar-refractivity contribution < 1.29 is 29.2 Å². The van der Waals surface area contributed by atoms with Gasteiger partial charge in [-0.05, 0) is 56.9 Å². The molecule has 0 radical (unpaired) electrons. The number of non-ortho nitro benzene ring substituents is 1. The van der Waals surface area contributed by atoms with E-state index in [2.05, 4.69) is 12.2 Å². The predicted molar refractivity (Wildman–Crippen MR) is 120 cm³/mol. The first-order valence-electron chi connectivity index (χ1n) is 11.5. The van der Waals surface area contributed by atoms with Crippen molar-refractivity contribution in [3.63, 3.8) is 0 Å². The number of carbonyl (C=O) groups is 2. The molecule has 1 aliphatic carbocycles. The number of hydrogen-bond donors (Lipinski definition) is 3. The molecule has 0 aromatic heterocycles. The van der Waals surface area contributed by atoms with E-state index in [1.807, 2.05) is 6.92 Å².